The van der Waals surface area contributed by atoms with Gasteiger partial charge in [0.05, 0.1) is 12.0 Å². The van der Waals surface area contributed by atoms with Crippen molar-refractivity contribution in [2.24, 2.45) is 18.7 Å². The van der Waals surface area contributed by atoms with Crippen molar-refractivity contribution in [1.29, 1.82) is 0 Å². The number of nitrogens with two attached hydrogens (primary N) is 1. The predicted octanol–water partition coefficient (Wildman–Crippen LogP) is 0.557. The van der Waals surface area contributed by atoms with E-state index in [9.17, 15) is 0 Å². The average molecular weight is 153 g/mol. The third-order valence-electron chi connectivity index (χ3n) is 1.72. The monoisotopic (exact) mass is 153 g/mol. The summed E-state index contributed by atoms with van der Waals surface area (Å²) in [4.78, 5) is 4.21. The molecule has 1 atom stereocenters. The van der Waals surface area contributed by atoms with Crippen LogP contribution in [0.25, 0.3) is 0 Å². The van der Waals surface area contributed by atoms with Crippen LogP contribution in [-0.2, 0) is 13.5 Å². The van der Waals surface area contributed by atoms with Crippen molar-refractivity contribution in [3.8, 4) is 0 Å². The third-order valence-corrected chi connectivity index (χ3v) is 1.72. The molecule has 0 radical (unpaired) electrons. The number of hydrogen-bond donors (Lipinski definition) is 1. The molecule has 62 valence electrons. The SMILES string of the molecule is CC(CN)Cc1cn(C)cn1. The molecule has 0 aliphatic heterocycles. The third kappa shape index (κ3) is 2.35. The molecule has 0 amide bonds. The van der Waals surface area contributed by atoms with Gasteiger partial charge in [-0.15, -0.1) is 0 Å². The van der Waals surface area contributed by atoms with Gasteiger partial charge in [-0.25, -0.2) is 4.98 Å². The van der Waals surface area contributed by atoms with Crippen molar-refractivity contribution in [3.05, 3.63) is 18.2 Å². The second kappa shape index (κ2) is 3.53. The van der Waals surface area contributed by atoms with E-state index in [0.29, 0.717) is 5.92 Å². The molecule has 0 saturated heterocycles. The lowest BCUT2D eigenvalue weighted by Crippen LogP contribution is -2.13. The maximum absolute atomic E-state index is 5.49. The van der Waals surface area contributed by atoms with E-state index in [-0.39, 0.29) is 0 Å². The van der Waals surface area contributed by atoms with Crippen LogP contribution in [0.1, 0.15) is 12.6 Å². The van der Waals surface area contributed by atoms with Crippen molar-refractivity contribution in [2.75, 3.05) is 6.54 Å². The van der Waals surface area contributed by atoms with Crippen LogP contribution in [0.5, 0.6) is 0 Å². The van der Waals surface area contributed by atoms with Crippen molar-refractivity contribution in [1.82, 2.24) is 9.55 Å². The van der Waals surface area contributed by atoms with E-state index in [1.807, 2.05) is 24.1 Å². The van der Waals surface area contributed by atoms with E-state index < -0.39 is 0 Å². The van der Waals surface area contributed by atoms with Crippen molar-refractivity contribution in [2.45, 2.75) is 13.3 Å². The number of hydrogen-bond acceptors (Lipinski definition) is 2. The highest BCUT2D eigenvalue weighted by Crippen LogP contribution is 2.03. The molecule has 0 aliphatic rings. The molecule has 0 spiro atoms. The van der Waals surface area contributed by atoms with Crippen LogP contribution in [0.2, 0.25) is 0 Å². The summed E-state index contributed by atoms with van der Waals surface area (Å²) in [5.74, 6) is 0.532. The molecular formula is C8H15N3. The van der Waals surface area contributed by atoms with Crippen LogP contribution in [0.15, 0.2) is 12.5 Å². The lowest BCUT2D eigenvalue weighted by Gasteiger charge is -2.03. The van der Waals surface area contributed by atoms with Crippen LogP contribution in [-0.4, -0.2) is 16.1 Å². The van der Waals surface area contributed by atoms with Gasteiger partial charge in [-0.2, -0.15) is 0 Å². The quantitative estimate of drug-likeness (QED) is 0.689. The summed E-state index contributed by atoms with van der Waals surface area (Å²) >= 11 is 0. The van der Waals surface area contributed by atoms with E-state index in [1.54, 1.807) is 0 Å². The van der Waals surface area contributed by atoms with E-state index >= 15 is 0 Å². The number of nitrogens with zero attached hydrogens (tertiary/aromatic N) is 2. The summed E-state index contributed by atoms with van der Waals surface area (Å²) in [5.41, 5.74) is 6.62. The summed E-state index contributed by atoms with van der Waals surface area (Å²) in [6.07, 6.45) is 4.84. The summed E-state index contributed by atoms with van der Waals surface area (Å²) in [5, 5.41) is 0. The second-order valence-electron chi connectivity index (χ2n) is 3.08. The van der Waals surface area contributed by atoms with Gasteiger partial charge in [-0.1, -0.05) is 6.92 Å². The summed E-state index contributed by atoms with van der Waals surface area (Å²) in [7, 11) is 1.98. The Balaban J connectivity index is 2.50. The molecule has 3 nitrogen and oxygen atoms in total. The molecule has 1 aromatic heterocycles. The number of rotatable bonds is 3. The van der Waals surface area contributed by atoms with E-state index in [4.69, 9.17) is 5.73 Å². The summed E-state index contributed by atoms with van der Waals surface area (Å²) in [6.45, 7) is 2.87. The first-order chi connectivity index (χ1) is 5.22. The zero-order valence-electron chi connectivity index (χ0n) is 7.12. The van der Waals surface area contributed by atoms with E-state index in [1.165, 1.54) is 0 Å². The van der Waals surface area contributed by atoms with Gasteiger partial charge in [-0.05, 0) is 18.9 Å². The molecule has 0 fully saturated rings. The van der Waals surface area contributed by atoms with Gasteiger partial charge in [0.15, 0.2) is 0 Å². The molecule has 0 aliphatic carbocycles. The first-order valence-corrected chi connectivity index (χ1v) is 3.89. The molecule has 0 saturated carbocycles. The lowest BCUT2D eigenvalue weighted by molar-refractivity contribution is 0.585. The van der Waals surface area contributed by atoms with Gasteiger partial charge in [-0.3, -0.25) is 0 Å². The first-order valence-electron chi connectivity index (χ1n) is 3.89. The van der Waals surface area contributed by atoms with Gasteiger partial charge in [0.1, 0.15) is 0 Å². The molecule has 2 N–H and O–H groups in total. The fraction of sp³-hybridized carbons (Fsp3) is 0.625. The maximum Gasteiger partial charge on any atom is 0.0946 e. The van der Waals surface area contributed by atoms with Crippen LogP contribution in [0.3, 0.4) is 0 Å². The first kappa shape index (κ1) is 8.27. The standard InChI is InChI=1S/C8H15N3/c1-7(4-9)3-8-5-11(2)6-10-8/h5-7H,3-4,9H2,1-2H3. The Morgan fingerprint density at radius 1 is 1.73 bits per heavy atom. The minimum atomic E-state index is 0.532. The fourth-order valence-electron chi connectivity index (χ4n) is 1.01. The van der Waals surface area contributed by atoms with Crippen LogP contribution in [0.4, 0.5) is 0 Å². The molecule has 3 heteroatoms. The fourth-order valence-corrected chi connectivity index (χ4v) is 1.01. The molecule has 1 rings (SSSR count). The Morgan fingerprint density at radius 2 is 2.45 bits per heavy atom. The van der Waals surface area contributed by atoms with E-state index in [2.05, 4.69) is 11.9 Å². The molecule has 1 unspecified atom stereocenters. The van der Waals surface area contributed by atoms with Crippen LogP contribution < -0.4 is 5.73 Å². The highest BCUT2D eigenvalue weighted by molar-refractivity contribution is 4.97. The zero-order valence-corrected chi connectivity index (χ0v) is 7.12. The predicted molar refractivity (Wildman–Crippen MR) is 45.1 cm³/mol. The normalized spacial score (nSPS) is 13.4. The number of aryl methyl sites for hydroxylation is 1. The highest BCUT2D eigenvalue weighted by atomic mass is 15.0. The number of imidazole rings is 1. The molecule has 1 aromatic rings. The van der Waals surface area contributed by atoms with Crippen LogP contribution >= 0.6 is 0 Å². The van der Waals surface area contributed by atoms with Crippen molar-refractivity contribution >= 4 is 0 Å². The largest absolute Gasteiger partial charge is 0.340 e. The Bertz CT molecular complexity index is 217. The van der Waals surface area contributed by atoms with Gasteiger partial charge < -0.3 is 10.3 Å². The Labute approximate surface area is 67.2 Å². The maximum atomic E-state index is 5.49. The van der Waals surface area contributed by atoms with Crippen molar-refractivity contribution in [3.63, 3.8) is 0 Å². The molecule has 0 bridgehead atoms. The lowest BCUT2D eigenvalue weighted by atomic mass is 10.1. The molecule has 0 aromatic carbocycles. The minimum absolute atomic E-state index is 0.532. The minimum Gasteiger partial charge on any atom is -0.340 e. The summed E-state index contributed by atoms with van der Waals surface area (Å²) in [6, 6.07) is 0. The second-order valence-corrected chi connectivity index (χ2v) is 3.08. The zero-order chi connectivity index (χ0) is 8.27. The summed E-state index contributed by atoms with van der Waals surface area (Å²) < 4.78 is 1.96. The van der Waals surface area contributed by atoms with Gasteiger partial charge in [0.2, 0.25) is 0 Å². The molecule has 1 heterocycles. The van der Waals surface area contributed by atoms with Gasteiger partial charge in [0, 0.05) is 13.2 Å². The number of aromatic nitrogens is 2. The van der Waals surface area contributed by atoms with Gasteiger partial charge in [0.25, 0.3) is 0 Å². The average Bonchev–Trinajstić information content (AvgIpc) is 2.35. The highest BCUT2D eigenvalue weighted by Gasteiger charge is 2.02. The van der Waals surface area contributed by atoms with Gasteiger partial charge >= 0.3 is 0 Å². The smallest absolute Gasteiger partial charge is 0.0946 e. The Kier molecular flexibility index (Phi) is 2.65. The van der Waals surface area contributed by atoms with Crippen molar-refractivity contribution < 1.29 is 0 Å². The Morgan fingerprint density at radius 3 is 2.91 bits per heavy atom. The van der Waals surface area contributed by atoms with Crippen LogP contribution in [0, 0.1) is 5.92 Å². The Hall–Kier alpha value is -0.830. The molecule has 11 heavy (non-hydrogen) atoms. The molecular weight excluding hydrogens is 138 g/mol. The van der Waals surface area contributed by atoms with E-state index in [0.717, 1.165) is 18.7 Å². The topological polar surface area (TPSA) is 43.8 Å².